The molecule has 1 aromatic carbocycles. The number of hydrogen-bond acceptors (Lipinski definition) is 7. The fourth-order valence-electron chi connectivity index (χ4n) is 3.27. The Bertz CT molecular complexity index is 1220. The van der Waals surface area contributed by atoms with Gasteiger partial charge in [-0.25, -0.2) is 4.98 Å². The Morgan fingerprint density at radius 2 is 2.00 bits per heavy atom. The van der Waals surface area contributed by atoms with Gasteiger partial charge in [-0.05, 0) is 48.2 Å². The molecule has 0 aliphatic rings. The number of nitrogen functional groups attached to an aromatic ring is 1. The summed E-state index contributed by atoms with van der Waals surface area (Å²) < 4.78 is 1.01. The molecule has 154 valence electrons. The van der Waals surface area contributed by atoms with E-state index in [1.165, 1.54) is 11.3 Å². The van der Waals surface area contributed by atoms with Crippen LogP contribution in [0.4, 0.5) is 5.82 Å². The summed E-state index contributed by atoms with van der Waals surface area (Å²) in [6.45, 7) is 1.18. The fourth-order valence-corrected chi connectivity index (χ4v) is 4.68. The molecule has 0 amide bonds. The summed E-state index contributed by atoms with van der Waals surface area (Å²) in [5.41, 5.74) is 13.7. The third-order valence-electron chi connectivity index (χ3n) is 5.02. The number of anilines is 1. The minimum atomic E-state index is -1.34. The predicted octanol–water partition coefficient (Wildman–Crippen LogP) is 3.84. The first-order valence-corrected chi connectivity index (χ1v) is 10.5. The van der Waals surface area contributed by atoms with Crippen molar-refractivity contribution in [1.82, 2.24) is 9.97 Å². The monoisotopic (exact) mass is 440 g/mol. The van der Waals surface area contributed by atoms with Crippen LogP contribution in [0.2, 0.25) is 5.02 Å². The average Bonchev–Trinajstić information content (AvgIpc) is 3.19. The molecule has 0 saturated carbocycles. The maximum absolute atomic E-state index is 10.4. The standard InChI is InChI=1S/C22H21ClN4O2S/c1-22(29,11-28)13-7-8-26-16(10-13)14-4-2-3-12-9-17(30-21(12)14)19(25)20-15(23)5-6-18(24)27-20/h2-10,19,28-29H,11,25H2,1H3,(H2,24,27). The van der Waals surface area contributed by atoms with E-state index >= 15 is 0 Å². The van der Waals surface area contributed by atoms with Crippen LogP contribution in [-0.4, -0.2) is 26.8 Å². The van der Waals surface area contributed by atoms with Crippen molar-refractivity contribution >= 4 is 38.8 Å². The number of benzene rings is 1. The van der Waals surface area contributed by atoms with E-state index in [-0.39, 0.29) is 6.61 Å². The van der Waals surface area contributed by atoms with E-state index in [1.54, 1.807) is 37.4 Å². The summed E-state index contributed by atoms with van der Waals surface area (Å²) in [5, 5.41) is 21.4. The van der Waals surface area contributed by atoms with Gasteiger partial charge in [0.25, 0.3) is 0 Å². The molecule has 6 N–H and O–H groups in total. The van der Waals surface area contributed by atoms with Gasteiger partial charge in [0.1, 0.15) is 11.4 Å². The molecular weight excluding hydrogens is 420 g/mol. The van der Waals surface area contributed by atoms with Gasteiger partial charge in [-0.15, -0.1) is 11.3 Å². The molecule has 30 heavy (non-hydrogen) atoms. The van der Waals surface area contributed by atoms with Crippen LogP contribution in [0.15, 0.2) is 54.7 Å². The van der Waals surface area contributed by atoms with Gasteiger partial charge in [0.05, 0.1) is 29.1 Å². The Morgan fingerprint density at radius 3 is 2.77 bits per heavy atom. The number of halogens is 1. The SMILES string of the molecule is CC(O)(CO)c1ccnc(-c2cccc3cc(C(N)c4nc(N)ccc4Cl)sc23)c1. The second kappa shape index (κ2) is 7.94. The number of nitrogens with zero attached hydrogens (tertiary/aromatic N) is 2. The topological polar surface area (TPSA) is 118 Å². The van der Waals surface area contributed by atoms with Crippen LogP contribution in [0.1, 0.15) is 29.1 Å². The molecule has 8 heteroatoms. The van der Waals surface area contributed by atoms with Gasteiger partial charge in [-0.1, -0.05) is 29.8 Å². The molecule has 2 unspecified atom stereocenters. The molecule has 0 bridgehead atoms. The first kappa shape index (κ1) is 20.7. The van der Waals surface area contributed by atoms with Crippen LogP contribution in [0.5, 0.6) is 0 Å². The Labute approximate surface area is 182 Å². The van der Waals surface area contributed by atoms with Crippen LogP contribution in [0.3, 0.4) is 0 Å². The summed E-state index contributed by atoms with van der Waals surface area (Å²) in [6.07, 6.45) is 1.63. The van der Waals surface area contributed by atoms with Crippen LogP contribution < -0.4 is 11.5 Å². The Kier molecular flexibility index (Phi) is 5.48. The lowest BCUT2D eigenvalue weighted by molar-refractivity contribution is -0.00230. The highest BCUT2D eigenvalue weighted by Crippen LogP contribution is 2.39. The zero-order valence-corrected chi connectivity index (χ0v) is 17.8. The number of aliphatic hydroxyl groups is 2. The number of aromatic nitrogens is 2. The van der Waals surface area contributed by atoms with Crippen molar-refractivity contribution in [2.75, 3.05) is 12.3 Å². The summed E-state index contributed by atoms with van der Waals surface area (Å²) in [7, 11) is 0. The summed E-state index contributed by atoms with van der Waals surface area (Å²) in [5.74, 6) is 0.364. The molecule has 2 atom stereocenters. The summed E-state index contributed by atoms with van der Waals surface area (Å²) >= 11 is 7.83. The number of fused-ring (bicyclic) bond motifs is 1. The third kappa shape index (κ3) is 3.78. The number of aliphatic hydroxyl groups excluding tert-OH is 1. The maximum Gasteiger partial charge on any atom is 0.123 e. The zero-order chi connectivity index (χ0) is 21.5. The molecular formula is C22H21ClN4O2S. The van der Waals surface area contributed by atoms with Gasteiger partial charge in [0.15, 0.2) is 0 Å². The van der Waals surface area contributed by atoms with Crippen molar-refractivity contribution in [2.45, 2.75) is 18.6 Å². The molecule has 0 radical (unpaired) electrons. The first-order chi connectivity index (χ1) is 14.3. The van der Waals surface area contributed by atoms with E-state index in [1.807, 2.05) is 24.3 Å². The van der Waals surface area contributed by atoms with Gasteiger partial charge in [0, 0.05) is 21.3 Å². The minimum Gasteiger partial charge on any atom is -0.393 e. The molecule has 3 aromatic heterocycles. The highest BCUT2D eigenvalue weighted by atomic mass is 35.5. The molecule has 4 rings (SSSR count). The van der Waals surface area contributed by atoms with Crippen molar-refractivity contribution < 1.29 is 10.2 Å². The second-order valence-electron chi connectivity index (χ2n) is 7.32. The molecule has 3 heterocycles. The normalized spacial score (nSPS) is 14.6. The van der Waals surface area contributed by atoms with Crippen LogP contribution in [0, 0.1) is 0 Å². The lowest BCUT2D eigenvalue weighted by Crippen LogP contribution is -2.25. The smallest absolute Gasteiger partial charge is 0.123 e. The van der Waals surface area contributed by atoms with E-state index in [4.69, 9.17) is 23.1 Å². The highest BCUT2D eigenvalue weighted by Gasteiger charge is 2.23. The molecule has 0 aliphatic carbocycles. The Morgan fingerprint density at radius 1 is 1.20 bits per heavy atom. The Hall–Kier alpha value is -2.55. The number of nitrogens with two attached hydrogens (primary N) is 2. The summed E-state index contributed by atoms with van der Waals surface area (Å²) in [4.78, 5) is 9.69. The fraction of sp³-hybridized carbons (Fsp3) is 0.182. The van der Waals surface area contributed by atoms with Crippen molar-refractivity contribution in [2.24, 2.45) is 5.73 Å². The van der Waals surface area contributed by atoms with Gasteiger partial charge in [-0.2, -0.15) is 0 Å². The van der Waals surface area contributed by atoms with Crippen molar-refractivity contribution in [3.05, 3.63) is 75.9 Å². The van der Waals surface area contributed by atoms with Crippen molar-refractivity contribution in [1.29, 1.82) is 0 Å². The average molecular weight is 441 g/mol. The number of hydrogen-bond donors (Lipinski definition) is 4. The number of thiophene rings is 1. The lowest BCUT2D eigenvalue weighted by Gasteiger charge is -2.21. The molecule has 6 nitrogen and oxygen atoms in total. The Balaban J connectivity index is 1.80. The van der Waals surface area contributed by atoms with Gasteiger partial charge in [0.2, 0.25) is 0 Å². The van der Waals surface area contributed by atoms with Gasteiger partial charge < -0.3 is 21.7 Å². The third-order valence-corrected chi connectivity index (χ3v) is 6.61. The molecule has 0 aliphatic heterocycles. The van der Waals surface area contributed by atoms with Crippen molar-refractivity contribution in [3.8, 4) is 11.3 Å². The predicted molar refractivity (Wildman–Crippen MR) is 121 cm³/mol. The molecule has 0 saturated heterocycles. The van der Waals surface area contributed by atoms with E-state index in [2.05, 4.69) is 9.97 Å². The summed E-state index contributed by atoms with van der Waals surface area (Å²) in [6, 6.07) is 14.3. The lowest BCUT2D eigenvalue weighted by atomic mass is 9.96. The number of pyridine rings is 2. The van der Waals surface area contributed by atoms with E-state index in [0.29, 0.717) is 27.8 Å². The van der Waals surface area contributed by atoms with E-state index in [0.717, 1.165) is 20.5 Å². The highest BCUT2D eigenvalue weighted by molar-refractivity contribution is 7.19. The van der Waals surface area contributed by atoms with Crippen LogP contribution in [0.25, 0.3) is 21.3 Å². The second-order valence-corrected chi connectivity index (χ2v) is 8.81. The van der Waals surface area contributed by atoms with Crippen LogP contribution in [-0.2, 0) is 5.60 Å². The minimum absolute atomic E-state index is 0.364. The maximum atomic E-state index is 10.4. The van der Waals surface area contributed by atoms with Crippen LogP contribution >= 0.6 is 22.9 Å². The first-order valence-electron chi connectivity index (χ1n) is 9.30. The number of rotatable bonds is 5. The molecule has 4 aromatic rings. The van der Waals surface area contributed by atoms with E-state index < -0.39 is 11.6 Å². The molecule has 0 spiro atoms. The largest absolute Gasteiger partial charge is 0.393 e. The quantitative estimate of drug-likeness (QED) is 0.374. The molecule has 0 fully saturated rings. The van der Waals surface area contributed by atoms with E-state index in [9.17, 15) is 10.2 Å². The van der Waals surface area contributed by atoms with Crippen molar-refractivity contribution in [3.63, 3.8) is 0 Å². The zero-order valence-electron chi connectivity index (χ0n) is 16.2. The van der Waals surface area contributed by atoms with Gasteiger partial charge >= 0.3 is 0 Å². The van der Waals surface area contributed by atoms with Gasteiger partial charge in [-0.3, -0.25) is 4.98 Å².